The van der Waals surface area contributed by atoms with Crippen LogP contribution < -0.4 is 0 Å². The van der Waals surface area contributed by atoms with Crippen LogP contribution in [0.4, 0.5) is 22.0 Å². The van der Waals surface area contributed by atoms with Gasteiger partial charge in [-0.2, -0.15) is 0 Å². The van der Waals surface area contributed by atoms with Crippen molar-refractivity contribution in [2.24, 2.45) is 0 Å². The van der Waals surface area contributed by atoms with Crippen LogP contribution in [-0.4, -0.2) is 14.7 Å². The van der Waals surface area contributed by atoms with E-state index in [-0.39, 0.29) is 0 Å². The highest BCUT2D eigenvalue weighted by molar-refractivity contribution is 7.90. The average Bonchev–Trinajstić information content (AvgIpc) is 2.43. The van der Waals surface area contributed by atoms with Gasteiger partial charge in [-0.3, -0.25) is 0 Å². The Hall–Kier alpha value is -1.96. The van der Waals surface area contributed by atoms with E-state index in [1.54, 1.807) is 0 Å². The molecular formula is C13H6F5O2S. The second-order valence-corrected chi connectivity index (χ2v) is 6.11. The van der Waals surface area contributed by atoms with Gasteiger partial charge in [0.1, 0.15) is 0 Å². The molecule has 2 aromatic carbocycles. The maximum atomic E-state index is 13.7. The number of hydrogen-bond acceptors (Lipinski definition) is 2. The summed E-state index contributed by atoms with van der Waals surface area (Å²) in [7, 11) is -3.95. The van der Waals surface area contributed by atoms with Gasteiger partial charge in [-0.15, -0.1) is 0 Å². The molecule has 0 aliphatic carbocycles. The molecule has 0 saturated carbocycles. The fourth-order valence-corrected chi connectivity index (χ4v) is 2.61. The van der Waals surface area contributed by atoms with Crippen LogP contribution in [0.25, 0.3) is 11.1 Å². The molecule has 0 aromatic heterocycles. The Bertz CT molecular complexity index is 802. The fraction of sp³-hybridized carbons (Fsp3) is 0.0769. The Kier molecular flexibility index (Phi) is 3.75. The maximum absolute atomic E-state index is 13.7. The third kappa shape index (κ3) is 2.51. The topological polar surface area (TPSA) is 34.1 Å². The number of benzene rings is 2. The SMILES string of the molecule is CS(=O)(=O)c1ccc[c]c1-c1c(F)c(F)c(F)c(F)c1F. The van der Waals surface area contributed by atoms with E-state index >= 15 is 0 Å². The predicted molar refractivity (Wildman–Crippen MR) is 63.6 cm³/mol. The number of rotatable bonds is 2. The van der Waals surface area contributed by atoms with Crippen LogP contribution in [0.3, 0.4) is 0 Å². The Morgan fingerprint density at radius 1 is 0.905 bits per heavy atom. The van der Waals surface area contributed by atoms with Crippen LogP contribution in [0.2, 0.25) is 0 Å². The third-order valence-electron chi connectivity index (χ3n) is 2.68. The molecule has 2 nitrogen and oxygen atoms in total. The lowest BCUT2D eigenvalue weighted by Crippen LogP contribution is -2.07. The number of hydrogen-bond donors (Lipinski definition) is 0. The van der Waals surface area contributed by atoms with Gasteiger partial charge in [0.15, 0.2) is 33.1 Å². The summed E-state index contributed by atoms with van der Waals surface area (Å²) in [4.78, 5) is -0.590. The first-order valence-corrected chi connectivity index (χ1v) is 7.28. The van der Waals surface area contributed by atoms with E-state index < -0.39 is 54.9 Å². The zero-order chi connectivity index (χ0) is 15.9. The van der Waals surface area contributed by atoms with Gasteiger partial charge >= 0.3 is 0 Å². The Morgan fingerprint density at radius 2 is 1.38 bits per heavy atom. The zero-order valence-corrected chi connectivity index (χ0v) is 11.2. The predicted octanol–water partition coefficient (Wildman–Crippen LogP) is 3.25. The molecule has 111 valence electrons. The first kappa shape index (κ1) is 15.4. The highest BCUT2D eigenvalue weighted by Gasteiger charge is 2.29. The summed E-state index contributed by atoms with van der Waals surface area (Å²) in [5, 5.41) is 0. The van der Waals surface area contributed by atoms with Crippen molar-refractivity contribution >= 4 is 9.84 Å². The second kappa shape index (κ2) is 5.10. The van der Waals surface area contributed by atoms with Crippen molar-refractivity contribution < 1.29 is 30.4 Å². The first-order chi connectivity index (χ1) is 9.66. The monoisotopic (exact) mass is 321 g/mol. The molecule has 0 N–H and O–H groups in total. The average molecular weight is 321 g/mol. The van der Waals surface area contributed by atoms with Gasteiger partial charge in [0.25, 0.3) is 0 Å². The minimum atomic E-state index is -3.95. The summed E-state index contributed by atoms with van der Waals surface area (Å²) in [5.74, 6) is -10.8. The summed E-state index contributed by atoms with van der Waals surface area (Å²) in [5.41, 5.74) is -2.04. The van der Waals surface area contributed by atoms with Crippen molar-refractivity contribution in [3.05, 3.63) is 53.4 Å². The maximum Gasteiger partial charge on any atom is 0.200 e. The van der Waals surface area contributed by atoms with Gasteiger partial charge in [-0.05, 0) is 12.1 Å². The molecule has 0 amide bonds. The molecule has 0 aliphatic rings. The van der Waals surface area contributed by atoms with E-state index in [9.17, 15) is 30.4 Å². The molecule has 0 unspecified atom stereocenters. The van der Waals surface area contributed by atoms with Gasteiger partial charge in [0.2, 0.25) is 5.82 Å². The second-order valence-electron chi connectivity index (χ2n) is 4.13. The van der Waals surface area contributed by atoms with E-state index in [1.807, 2.05) is 0 Å². The Balaban J connectivity index is 2.94. The number of sulfone groups is 1. The smallest absolute Gasteiger partial charge is 0.200 e. The molecule has 21 heavy (non-hydrogen) atoms. The van der Waals surface area contributed by atoms with Gasteiger partial charge in [-0.25, -0.2) is 30.4 Å². The van der Waals surface area contributed by atoms with Crippen molar-refractivity contribution in [1.29, 1.82) is 0 Å². The standard InChI is InChI=1S/C13H6F5O2S/c1-21(19,20)7-5-3-2-4-6(7)8-9(14)11(16)13(18)12(17)10(8)15/h2-3,5H,1H3. The Labute approximate surface area is 116 Å². The summed E-state index contributed by atoms with van der Waals surface area (Å²) >= 11 is 0. The molecule has 0 spiro atoms. The van der Waals surface area contributed by atoms with E-state index in [0.29, 0.717) is 0 Å². The first-order valence-electron chi connectivity index (χ1n) is 5.38. The largest absolute Gasteiger partial charge is 0.224 e. The fourth-order valence-electron chi connectivity index (χ4n) is 1.75. The minimum Gasteiger partial charge on any atom is -0.224 e. The van der Waals surface area contributed by atoms with Crippen LogP contribution >= 0.6 is 0 Å². The molecular weight excluding hydrogens is 315 g/mol. The number of halogens is 5. The quantitative estimate of drug-likeness (QED) is 0.483. The summed E-state index contributed by atoms with van der Waals surface area (Å²) in [6, 6.07) is 5.50. The molecule has 0 atom stereocenters. The molecule has 0 fully saturated rings. The van der Waals surface area contributed by atoms with Crippen LogP contribution in [0.1, 0.15) is 0 Å². The van der Waals surface area contributed by atoms with Crippen molar-refractivity contribution in [3.8, 4) is 11.1 Å². The van der Waals surface area contributed by atoms with Crippen LogP contribution in [0, 0.1) is 35.2 Å². The van der Waals surface area contributed by atoms with Gasteiger partial charge in [-0.1, -0.05) is 12.1 Å². The van der Waals surface area contributed by atoms with Crippen molar-refractivity contribution in [2.45, 2.75) is 4.90 Å². The summed E-state index contributed by atoms with van der Waals surface area (Å²) < 4.78 is 89.9. The van der Waals surface area contributed by atoms with E-state index in [2.05, 4.69) is 6.07 Å². The molecule has 0 bridgehead atoms. The Morgan fingerprint density at radius 3 is 1.86 bits per heavy atom. The normalized spacial score (nSPS) is 11.7. The van der Waals surface area contributed by atoms with Gasteiger partial charge < -0.3 is 0 Å². The van der Waals surface area contributed by atoms with Crippen molar-refractivity contribution in [2.75, 3.05) is 6.26 Å². The molecule has 0 aliphatic heterocycles. The van der Waals surface area contributed by atoms with E-state index in [0.717, 1.165) is 18.4 Å². The van der Waals surface area contributed by atoms with Gasteiger partial charge in [0, 0.05) is 11.8 Å². The molecule has 0 heterocycles. The summed E-state index contributed by atoms with van der Waals surface area (Å²) in [6.45, 7) is 0. The molecule has 2 rings (SSSR count). The molecule has 8 heteroatoms. The molecule has 2 aromatic rings. The lowest BCUT2D eigenvalue weighted by atomic mass is 10.0. The highest BCUT2D eigenvalue weighted by Crippen LogP contribution is 2.34. The molecule has 0 saturated heterocycles. The highest BCUT2D eigenvalue weighted by atomic mass is 32.2. The van der Waals surface area contributed by atoms with Crippen molar-refractivity contribution in [3.63, 3.8) is 0 Å². The summed E-state index contributed by atoms with van der Waals surface area (Å²) in [6.07, 6.45) is 0.742. The third-order valence-corrected chi connectivity index (χ3v) is 3.82. The minimum absolute atomic E-state index is 0.590. The van der Waals surface area contributed by atoms with Crippen LogP contribution in [-0.2, 0) is 9.84 Å². The van der Waals surface area contributed by atoms with Gasteiger partial charge in [0.05, 0.1) is 10.5 Å². The van der Waals surface area contributed by atoms with Crippen LogP contribution in [0.5, 0.6) is 0 Å². The van der Waals surface area contributed by atoms with E-state index in [4.69, 9.17) is 0 Å². The zero-order valence-electron chi connectivity index (χ0n) is 10.3. The van der Waals surface area contributed by atoms with Crippen molar-refractivity contribution in [1.82, 2.24) is 0 Å². The van der Waals surface area contributed by atoms with E-state index in [1.165, 1.54) is 6.07 Å². The molecule has 1 radical (unpaired) electrons. The van der Waals surface area contributed by atoms with Crippen LogP contribution in [0.15, 0.2) is 23.1 Å². The lowest BCUT2D eigenvalue weighted by molar-refractivity contribution is 0.381. The lowest BCUT2D eigenvalue weighted by Gasteiger charge is -2.11.